The summed E-state index contributed by atoms with van der Waals surface area (Å²) >= 11 is 0. The molecule has 0 aliphatic heterocycles. The fourth-order valence-corrected chi connectivity index (χ4v) is 5.19. The average Bonchev–Trinajstić information content (AvgIpc) is 2.75. The van der Waals surface area contributed by atoms with Crippen LogP contribution in [0.4, 0.5) is 13.2 Å². The molecule has 192 valence electrons. The van der Waals surface area contributed by atoms with Gasteiger partial charge < -0.3 is 10.5 Å². The van der Waals surface area contributed by atoms with Crippen molar-refractivity contribution in [3.8, 4) is 11.5 Å². The number of carbonyl (C=O) groups is 1. The van der Waals surface area contributed by atoms with Crippen molar-refractivity contribution in [3.05, 3.63) is 41.1 Å². The van der Waals surface area contributed by atoms with Crippen molar-refractivity contribution in [2.45, 2.75) is 62.9 Å². The first-order valence-electron chi connectivity index (χ1n) is 11.0. The maximum atomic E-state index is 13.5. The van der Waals surface area contributed by atoms with Crippen LogP contribution in [-0.2, 0) is 25.7 Å². The molecule has 1 aromatic carbocycles. The second-order valence-corrected chi connectivity index (χ2v) is 15.5. The molecule has 1 aromatic rings. The van der Waals surface area contributed by atoms with Crippen LogP contribution < -0.4 is 10.5 Å². The zero-order valence-corrected chi connectivity index (χ0v) is 21.9. The molecule has 1 atom stereocenters. The van der Waals surface area contributed by atoms with Crippen LogP contribution in [0, 0.1) is 11.5 Å². The number of sulfonamides is 1. The Hall–Kier alpha value is -2.62. The lowest BCUT2D eigenvalue weighted by molar-refractivity contribution is -0.141. The van der Waals surface area contributed by atoms with Crippen LogP contribution in [0.15, 0.2) is 39.9 Å². The fourth-order valence-electron chi connectivity index (χ4n) is 3.35. The maximum absolute atomic E-state index is 13.5. The summed E-state index contributed by atoms with van der Waals surface area (Å²) in [5, 5.41) is 0. The highest BCUT2D eigenvalue weighted by Crippen LogP contribution is 2.32. The van der Waals surface area contributed by atoms with Crippen LogP contribution in [0.3, 0.4) is 0 Å². The van der Waals surface area contributed by atoms with Gasteiger partial charge in [-0.1, -0.05) is 25.6 Å². The Kier molecular flexibility index (Phi) is 9.33. The summed E-state index contributed by atoms with van der Waals surface area (Å²) in [5.74, 6) is 2.17. The molecule has 2 rings (SSSR count). The molecular weight excluding hydrogens is 499 g/mol. The lowest BCUT2D eigenvalue weighted by Crippen LogP contribution is -2.41. The number of rotatable bonds is 6. The van der Waals surface area contributed by atoms with Gasteiger partial charge in [0.15, 0.2) is 0 Å². The number of halogens is 3. The topological polar surface area (TPSA) is 111 Å². The van der Waals surface area contributed by atoms with Gasteiger partial charge >= 0.3 is 12.1 Å². The number of carbonyl (C=O) groups excluding carboxylic acids is 1. The van der Waals surface area contributed by atoms with Crippen LogP contribution in [0.1, 0.15) is 37.3 Å². The molecule has 0 radical (unpaired) electrons. The highest BCUT2D eigenvalue weighted by atomic mass is 32.2. The van der Waals surface area contributed by atoms with Gasteiger partial charge in [0.05, 0.1) is 23.1 Å². The zero-order valence-electron chi connectivity index (χ0n) is 20.1. The maximum Gasteiger partial charge on any atom is 0.416 e. The van der Waals surface area contributed by atoms with E-state index < -0.39 is 46.7 Å². The third kappa shape index (κ3) is 8.52. The van der Waals surface area contributed by atoms with E-state index in [0.29, 0.717) is 36.6 Å². The molecule has 0 spiro atoms. The van der Waals surface area contributed by atoms with Gasteiger partial charge in [-0.05, 0) is 44.4 Å². The van der Waals surface area contributed by atoms with E-state index in [1.165, 1.54) is 6.20 Å². The summed E-state index contributed by atoms with van der Waals surface area (Å²) < 4.78 is 74.1. The molecule has 1 aliphatic rings. The highest BCUT2D eigenvalue weighted by molar-refractivity contribution is 7.89. The van der Waals surface area contributed by atoms with Crippen LogP contribution in [0.2, 0.25) is 19.6 Å². The average molecular weight is 530 g/mol. The first-order chi connectivity index (χ1) is 16.2. The number of hydrogen-bond donors (Lipinski definition) is 2. The molecule has 3 N–H and O–H groups in total. The van der Waals surface area contributed by atoms with Gasteiger partial charge in [-0.15, -0.1) is 5.54 Å². The molecule has 1 unspecified atom stereocenters. The number of alkyl halides is 3. The summed E-state index contributed by atoms with van der Waals surface area (Å²) in [7, 11) is -6.29. The van der Waals surface area contributed by atoms with Crippen molar-refractivity contribution >= 4 is 29.8 Å². The summed E-state index contributed by atoms with van der Waals surface area (Å²) in [5.41, 5.74) is 8.38. The molecular formula is C23H30F3N3O4SSi. The number of aliphatic imine (C=N–C) groups is 1. The molecule has 1 saturated carbocycles. The highest BCUT2D eigenvalue weighted by Gasteiger charge is 2.34. The quantitative estimate of drug-likeness (QED) is 0.332. The number of nitrogens with one attached hydrogen (secondary N) is 1. The van der Waals surface area contributed by atoms with E-state index in [4.69, 9.17) is 10.5 Å². The normalized spacial score (nSPS) is 19.3. The van der Waals surface area contributed by atoms with Gasteiger partial charge in [-0.25, -0.2) is 13.1 Å². The van der Waals surface area contributed by atoms with Crippen LogP contribution >= 0.6 is 0 Å². The molecule has 1 fully saturated rings. The molecule has 0 bridgehead atoms. The number of benzene rings is 1. The molecule has 7 nitrogen and oxygen atoms in total. The van der Waals surface area contributed by atoms with Crippen molar-refractivity contribution in [1.29, 1.82) is 0 Å². The number of ether oxygens (including phenoxy) is 1. The van der Waals surface area contributed by atoms with E-state index in [-0.39, 0.29) is 18.7 Å². The summed E-state index contributed by atoms with van der Waals surface area (Å²) in [4.78, 5) is 15.3. The third-order valence-corrected chi connectivity index (χ3v) is 7.25. The van der Waals surface area contributed by atoms with Gasteiger partial charge in [0.1, 0.15) is 14.6 Å². The molecule has 0 heterocycles. The van der Waals surface area contributed by atoms with E-state index >= 15 is 0 Å². The Bertz CT molecular complexity index is 1180. The van der Waals surface area contributed by atoms with Gasteiger partial charge in [0.25, 0.3) is 0 Å². The Morgan fingerprint density at radius 3 is 2.57 bits per heavy atom. The van der Waals surface area contributed by atoms with E-state index in [9.17, 15) is 26.4 Å². The monoisotopic (exact) mass is 529 g/mol. The summed E-state index contributed by atoms with van der Waals surface area (Å²) in [6.45, 7) is 7.41. The lowest BCUT2D eigenvalue weighted by Gasteiger charge is -2.27. The van der Waals surface area contributed by atoms with Crippen LogP contribution in [-0.4, -0.2) is 47.4 Å². The smallest absolute Gasteiger partial charge is 0.416 e. The number of nitrogens with zero attached hydrogens (tertiary/aromatic N) is 1. The molecule has 0 amide bonds. The van der Waals surface area contributed by atoms with E-state index in [2.05, 4.69) is 21.2 Å². The molecule has 35 heavy (non-hydrogen) atoms. The van der Waals surface area contributed by atoms with Crippen molar-refractivity contribution in [3.63, 3.8) is 0 Å². The fraction of sp³-hybridized carbons (Fsp3) is 0.478. The third-order valence-electron chi connectivity index (χ3n) is 4.92. The van der Waals surface area contributed by atoms with Gasteiger partial charge in [-0.2, -0.15) is 13.2 Å². The van der Waals surface area contributed by atoms with Crippen LogP contribution in [0.25, 0.3) is 0 Å². The largest absolute Gasteiger partial charge is 0.465 e. The van der Waals surface area contributed by atoms with Crippen molar-refractivity contribution < 1.29 is 31.1 Å². The Morgan fingerprint density at radius 1 is 1.31 bits per heavy atom. The van der Waals surface area contributed by atoms with Gasteiger partial charge in [-0.3, -0.25) is 9.79 Å². The molecule has 1 aliphatic carbocycles. The minimum Gasteiger partial charge on any atom is -0.465 e. The molecule has 0 aromatic heterocycles. The van der Waals surface area contributed by atoms with E-state index in [1.807, 2.05) is 19.6 Å². The lowest BCUT2D eigenvalue weighted by atomic mass is 9.89. The minimum atomic E-state index is -4.75. The molecule has 0 saturated heterocycles. The minimum absolute atomic E-state index is 0.0300. The van der Waals surface area contributed by atoms with Crippen LogP contribution in [0.5, 0.6) is 0 Å². The van der Waals surface area contributed by atoms with Gasteiger partial charge in [0, 0.05) is 23.0 Å². The van der Waals surface area contributed by atoms with Crippen molar-refractivity contribution in [1.82, 2.24) is 4.72 Å². The van der Waals surface area contributed by atoms with Gasteiger partial charge in [0.2, 0.25) is 10.0 Å². The van der Waals surface area contributed by atoms with Crippen molar-refractivity contribution in [2.24, 2.45) is 10.7 Å². The number of hydrogen-bond acceptors (Lipinski definition) is 6. The predicted molar refractivity (Wildman–Crippen MR) is 131 cm³/mol. The number of esters is 1. The first kappa shape index (κ1) is 28.6. The summed E-state index contributed by atoms with van der Waals surface area (Å²) in [6, 6.07) is 1.76. The summed E-state index contributed by atoms with van der Waals surface area (Å²) in [6.07, 6.45) is -2.17. The first-order valence-corrected chi connectivity index (χ1v) is 16.0. The van der Waals surface area contributed by atoms with Crippen molar-refractivity contribution in [2.75, 3.05) is 13.2 Å². The second kappa shape index (κ2) is 11.4. The van der Waals surface area contributed by atoms with E-state index in [1.54, 1.807) is 6.92 Å². The SMILES string of the molecule is CCOC(=O)CN=C1CCCC(NS(=O)(=O)c2cc(C#C[Si](C)(C)C)cc(C(F)(F)F)c2)C1=CN. The predicted octanol–water partition coefficient (Wildman–Crippen LogP) is 3.61. The second-order valence-electron chi connectivity index (χ2n) is 9.00. The standard InChI is InChI=1S/C23H30F3N3O4SSi/c1-5-33-22(30)15-28-20-7-6-8-21(19(20)14-27)29-34(31,32)18-12-16(9-10-35(2,3)4)11-17(13-18)23(24,25)26/h11-14,21,29H,5-8,15,27H2,1-4H3. The Labute approximate surface area is 205 Å². The van der Waals surface area contributed by atoms with E-state index in [0.717, 1.165) is 12.1 Å². The zero-order chi connectivity index (χ0) is 26.4. The Morgan fingerprint density at radius 2 is 2.00 bits per heavy atom. The Balaban J connectivity index is 2.41. The molecule has 12 heteroatoms. The number of nitrogens with two attached hydrogens (primary N) is 1.